The number of nitrogens with zero attached hydrogens (tertiary/aromatic N) is 3. The number of pyridine rings is 1. The lowest BCUT2D eigenvalue weighted by Crippen LogP contribution is -2.25. The van der Waals surface area contributed by atoms with Crippen molar-refractivity contribution >= 4 is 5.82 Å². The van der Waals surface area contributed by atoms with E-state index in [0.717, 1.165) is 36.6 Å². The van der Waals surface area contributed by atoms with Gasteiger partial charge in [-0.2, -0.15) is 5.10 Å². The van der Waals surface area contributed by atoms with E-state index in [0.29, 0.717) is 0 Å². The maximum Gasteiger partial charge on any atom is 0.141 e. The van der Waals surface area contributed by atoms with Crippen molar-refractivity contribution in [3.63, 3.8) is 0 Å². The minimum Gasteiger partial charge on any atom is -0.370 e. The minimum atomic E-state index is -0.302. The Morgan fingerprint density at radius 2 is 2.32 bits per heavy atom. The third-order valence-corrected chi connectivity index (χ3v) is 3.68. The topological polar surface area (TPSA) is 42.7 Å². The third-order valence-electron chi connectivity index (χ3n) is 3.68. The van der Waals surface area contributed by atoms with Crippen molar-refractivity contribution in [3.8, 4) is 0 Å². The van der Waals surface area contributed by atoms with Crippen molar-refractivity contribution in [2.24, 2.45) is 0 Å². The molecule has 5 heteroatoms. The minimum absolute atomic E-state index is 0.0934. The number of hydrogen-bond acceptors (Lipinski definition) is 3. The Morgan fingerprint density at radius 3 is 3.00 bits per heavy atom. The Balaban J connectivity index is 2.05. The lowest BCUT2D eigenvalue weighted by molar-refractivity contribution is 0.466. The van der Waals surface area contributed by atoms with Crippen LogP contribution in [0.1, 0.15) is 36.3 Å². The molecule has 3 heterocycles. The van der Waals surface area contributed by atoms with E-state index in [4.69, 9.17) is 0 Å². The summed E-state index contributed by atoms with van der Waals surface area (Å²) in [5.74, 6) is 0.767. The molecule has 1 atom stereocenters. The summed E-state index contributed by atoms with van der Waals surface area (Å²) < 4.78 is 15.0. The number of rotatable bonds is 2. The van der Waals surface area contributed by atoms with Gasteiger partial charge in [0.15, 0.2) is 0 Å². The summed E-state index contributed by atoms with van der Waals surface area (Å²) in [6.07, 6.45) is 3.10. The molecule has 1 N–H and O–H groups in total. The van der Waals surface area contributed by atoms with Crippen LogP contribution in [0, 0.1) is 12.7 Å². The molecule has 2 aromatic heterocycles. The fourth-order valence-corrected chi connectivity index (χ4v) is 2.65. The Hall–Kier alpha value is -1.91. The van der Waals surface area contributed by atoms with Crippen LogP contribution in [0.4, 0.5) is 10.2 Å². The van der Waals surface area contributed by atoms with E-state index in [1.54, 1.807) is 6.07 Å². The molecule has 1 unspecified atom stereocenters. The van der Waals surface area contributed by atoms with Gasteiger partial charge in [-0.25, -0.2) is 9.07 Å². The normalized spacial score (nSPS) is 17.9. The van der Waals surface area contributed by atoms with Crippen molar-refractivity contribution < 1.29 is 4.39 Å². The SMILES string of the molecule is CCc1nn2c(c1C)NCCC2c1ccc(F)cn1. The van der Waals surface area contributed by atoms with E-state index < -0.39 is 0 Å². The highest BCUT2D eigenvalue weighted by molar-refractivity contribution is 5.49. The molecule has 0 aliphatic carbocycles. The highest BCUT2D eigenvalue weighted by atomic mass is 19.1. The van der Waals surface area contributed by atoms with Crippen molar-refractivity contribution in [1.82, 2.24) is 14.8 Å². The predicted molar refractivity (Wildman–Crippen MR) is 71.8 cm³/mol. The van der Waals surface area contributed by atoms with Gasteiger partial charge < -0.3 is 5.32 Å². The first-order chi connectivity index (χ1) is 9.20. The van der Waals surface area contributed by atoms with E-state index in [2.05, 4.69) is 29.2 Å². The number of anilines is 1. The summed E-state index contributed by atoms with van der Waals surface area (Å²) >= 11 is 0. The molecule has 4 nitrogen and oxygen atoms in total. The molecule has 0 aromatic carbocycles. The molecule has 0 saturated carbocycles. The first-order valence-corrected chi connectivity index (χ1v) is 6.64. The van der Waals surface area contributed by atoms with E-state index in [-0.39, 0.29) is 11.9 Å². The van der Waals surface area contributed by atoms with Gasteiger partial charge in [0.2, 0.25) is 0 Å². The molecular weight excluding hydrogens is 243 g/mol. The second kappa shape index (κ2) is 4.64. The van der Waals surface area contributed by atoms with E-state index in [9.17, 15) is 4.39 Å². The zero-order valence-electron chi connectivity index (χ0n) is 11.2. The molecule has 0 spiro atoms. The van der Waals surface area contributed by atoms with Gasteiger partial charge >= 0.3 is 0 Å². The molecule has 0 radical (unpaired) electrons. The number of hydrogen-bond donors (Lipinski definition) is 1. The van der Waals surface area contributed by atoms with Gasteiger partial charge in [0.1, 0.15) is 11.6 Å². The van der Waals surface area contributed by atoms with Crippen molar-refractivity contribution in [1.29, 1.82) is 0 Å². The van der Waals surface area contributed by atoms with Crippen LogP contribution in [0.15, 0.2) is 18.3 Å². The van der Waals surface area contributed by atoms with Crippen LogP contribution in [-0.4, -0.2) is 21.3 Å². The van der Waals surface area contributed by atoms with E-state index >= 15 is 0 Å². The zero-order valence-corrected chi connectivity index (χ0v) is 11.2. The Labute approximate surface area is 111 Å². The van der Waals surface area contributed by atoms with Crippen molar-refractivity contribution in [2.75, 3.05) is 11.9 Å². The van der Waals surface area contributed by atoms with Gasteiger partial charge in [-0.05, 0) is 31.9 Å². The Bertz CT molecular complexity index is 588. The van der Waals surface area contributed by atoms with Crippen LogP contribution in [0.5, 0.6) is 0 Å². The lowest BCUT2D eigenvalue weighted by Gasteiger charge is -2.25. The van der Waals surface area contributed by atoms with Crippen molar-refractivity contribution in [2.45, 2.75) is 32.7 Å². The smallest absolute Gasteiger partial charge is 0.141 e. The molecule has 0 bridgehead atoms. The summed E-state index contributed by atoms with van der Waals surface area (Å²) in [5, 5.41) is 8.06. The quantitative estimate of drug-likeness (QED) is 0.902. The highest BCUT2D eigenvalue weighted by Crippen LogP contribution is 2.31. The molecule has 1 aliphatic rings. The summed E-state index contributed by atoms with van der Waals surface area (Å²) in [6, 6.07) is 3.30. The summed E-state index contributed by atoms with van der Waals surface area (Å²) in [4.78, 5) is 4.20. The number of aromatic nitrogens is 3. The van der Waals surface area contributed by atoms with Gasteiger partial charge in [0.25, 0.3) is 0 Å². The van der Waals surface area contributed by atoms with Crippen LogP contribution in [0.25, 0.3) is 0 Å². The zero-order chi connectivity index (χ0) is 13.4. The number of fused-ring (bicyclic) bond motifs is 1. The molecule has 1 aliphatic heterocycles. The predicted octanol–water partition coefficient (Wildman–Crippen LogP) is 2.69. The molecule has 0 amide bonds. The maximum absolute atomic E-state index is 13.0. The monoisotopic (exact) mass is 260 g/mol. The van der Waals surface area contributed by atoms with E-state index in [1.165, 1.54) is 17.8 Å². The molecule has 3 rings (SSSR count). The Kier molecular flexibility index (Phi) is 2.97. The fraction of sp³-hybridized carbons (Fsp3) is 0.429. The highest BCUT2D eigenvalue weighted by Gasteiger charge is 2.26. The molecule has 2 aromatic rings. The molecule has 100 valence electrons. The van der Waals surface area contributed by atoms with Crippen LogP contribution in [0.3, 0.4) is 0 Å². The molecule has 19 heavy (non-hydrogen) atoms. The lowest BCUT2D eigenvalue weighted by atomic mass is 10.1. The van der Waals surface area contributed by atoms with Gasteiger partial charge in [-0.15, -0.1) is 0 Å². The van der Waals surface area contributed by atoms with Crippen molar-refractivity contribution in [3.05, 3.63) is 41.1 Å². The van der Waals surface area contributed by atoms with E-state index in [1.807, 2.05) is 4.68 Å². The number of nitrogens with one attached hydrogen (secondary N) is 1. The number of aryl methyl sites for hydroxylation is 1. The third kappa shape index (κ3) is 1.99. The van der Waals surface area contributed by atoms with Crippen LogP contribution >= 0.6 is 0 Å². The average Bonchev–Trinajstić information content (AvgIpc) is 2.77. The summed E-state index contributed by atoms with van der Waals surface area (Å²) in [6.45, 7) is 5.08. The fourth-order valence-electron chi connectivity index (χ4n) is 2.65. The van der Waals surface area contributed by atoms with Crippen LogP contribution in [0.2, 0.25) is 0 Å². The molecule has 0 fully saturated rings. The Morgan fingerprint density at radius 1 is 1.47 bits per heavy atom. The summed E-state index contributed by atoms with van der Waals surface area (Å²) in [7, 11) is 0. The van der Waals surface area contributed by atoms with Crippen LogP contribution < -0.4 is 5.32 Å². The average molecular weight is 260 g/mol. The van der Waals surface area contributed by atoms with Gasteiger partial charge in [0.05, 0.1) is 23.6 Å². The van der Waals surface area contributed by atoms with Gasteiger partial charge in [-0.3, -0.25) is 4.98 Å². The standard InChI is InChI=1S/C14H17FN4/c1-3-11-9(2)14-16-7-6-13(19(14)18-11)12-5-4-10(15)8-17-12/h4-5,8,13,16H,3,6-7H2,1-2H3. The summed E-state index contributed by atoms with van der Waals surface area (Å²) in [5.41, 5.74) is 3.18. The maximum atomic E-state index is 13.0. The molecular formula is C14H17FN4. The molecule has 0 saturated heterocycles. The first kappa shape index (κ1) is 12.1. The largest absolute Gasteiger partial charge is 0.370 e. The number of halogens is 1. The van der Waals surface area contributed by atoms with Gasteiger partial charge in [-0.1, -0.05) is 6.92 Å². The van der Waals surface area contributed by atoms with Crippen LogP contribution in [-0.2, 0) is 6.42 Å². The van der Waals surface area contributed by atoms with Gasteiger partial charge in [0, 0.05) is 12.1 Å². The second-order valence-corrected chi connectivity index (χ2v) is 4.85. The first-order valence-electron chi connectivity index (χ1n) is 6.64. The second-order valence-electron chi connectivity index (χ2n) is 4.85.